The van der Waals surface area contributed by atoms with Crippen LogP contribution < -0.4 is 0 Å². The monoisotopic (exact) mass is 213 g/mol. The number of carbonyl (C=O) groups excluding carboxylic acids is 1. The fourth-order valence-electron chi connectivity index (χ4n) is 1.00. The number of rotatable bonds is 3. The van der Waals surface area contributed by atoms with Gasteiger partial charge < -0.3 is 0 Å². The Bertz CT molecular complexity index is 376. The van der Waals surface area contributed by atoms with Crippen molar-refractivity contribution in [3.63, 3.8) is 0 Å². The van der Waals surface area contributed by atoms with Gasteiger partial charge in [0.05, 0.1) is 10.3 Å². The molecule has 0 N–H and O–H groups in total. The molecule has 14 heavy (non-hydrogen) atoms. The third-order valence-electron chi connectivity index (χ3n) is 1.70. The van der Waals surface area contributed by atoms with Gasteiger partial charge in [-0.1, -0.05) is 12.1 Å². The molecule has 1 rings (SSSR count). The Morgan fingerprint density at radius 3 is 2.71 bits per heavy atom. The zero-order chi connectivity index (χ0) is 10.7. The number of nitro groups is 1. The number of nitro benzene ring substituents is 1. The topological polar surface area (TPSA) is 60.2 Å². The van der Waals surface area contributed by atoms with Crippen molar-refractivity contribution in [1.82, 2.24) is 0 Å². The lowest BCUT2D eigenvalue weighted by atomic mass is 10.1. The number of carbonyl (C=O) groups is 1. The number of hydrogen-bond donors (Lipinski definition) is 0. The van der Waals surface area contributed by atoms with Crippen LogP contribution in [0.15, 0.2) is 24.3 Å². The van der Waals surface area contributed by atoms with Crippen LogP contribution in [-0.4, -0.2) is 16.1 Å². The van der Waals surface area contributed by atoms with Crippen LogP contribution in [0.2, 0.25) is 0 Å². The van der Waals surface area contributed by atoms with Gasteiger partial charge in [0.2, 0.25) is 0 Å². The number of alkyl halides is 1. The molecule has 0 fully saturated rings. The van der Waals surface area contributed by atoms with Gasteiger partial charge >= 0.3 is 0 Å². The summed E-state index contributed by atoms with van der Waals surface area (Å²) < 4.78 is 0. The Morgan fingerprint density at radius 1 is 1.57 bits per heavy atom. The molecule has 1 atom stereocenters. The van der Waals surface area contributed by atoms with Gasteiger partial charge in [0.1, 0.15) is 0 Å². The Balaban J connectivity index is 3.06. The molecule has 0 spiro atoms. The number of Topliss-reactive ketones (excluding diaryl/α,β-unsaturated/α-hetero) is 1. The molecular weight excluding hydrogens is 206 g/mol. The van der Waals surface area contributed by atoms with Crippen molar-refractivity contribution in [1.29, 1.82) is 0 Å². The molecule has 1 aromatic carbocycles. The summed E-state index contributed by atoms with van der Waals surface area (Å²) in [6, 6.07) is 5.52. The third-order valence-corrected chi connectivity index (χ3v) is 1.90. The van der Waals surface area contributed by atoms with E-state index >= 15 is 0 Å². The van der Waals surface area contributed by atoms with E-state index in [1.54, 1.807) is 0 Å². The summed E-state index contributed by atoms with van der Waals surface area (Å²) in [4.78, 5) is 21.2. The summed E-state index contributed by atoms with van der Waals surface area (Å²) in [7, 11) is 0. The lowest BCUT2D eigenvalue weighted by Gasteiger charge is -2.01. The van der Waals surface area contributed by atoms with Crippen molar-refractivity contribution in [2.24, 2.45) is 0 Å². The quantitative estimate of drug-likeness (QED) is 0.335. The van der Waals surface area contributed by atoms with Crippen LogP contribution in [0, 0.1) is 10.1 Å². The third kappa shape index (κ3) is 2.29. The highest BCUT2D eigenvalue weighted by Crippen LogP contribution is 2.15. The lowest BCUT2D eigenvalue weighted by Crippen LogP contribution is -2.10. The van der Waals surface area contributed by atoms with Crippen molar-refractivity contribution in [3.05, 3.63) is 39.9 Å². The van der Waals surface area contributed by atoms with Gasteiger partial charge in [-0.15, -0.1) is 11.6 Å². The fraction of sp³-hybridized carbons (Fsp3) is 0.222. The van der Waals surface area contributed by atoms with E-state index in [2.05, 4.69) is 0 Å². The number of hydrogen-bond acceptors (Lipinski definition) is 3. The van der Waals surface area contributed by atoms with Gasteiger partial charge in [0, 0.05) is 17.7 Å². The molecule has 0 saturated heterocycles. The molecular formula is C9H8ClNO3. The van der Waals surface area contributed by atoms with Crippen molar-refractivity contribution in [3.8, 4) is 0 Å². The summed E-state index contributed by atoms with van der Waals surface area (Å²) in [5, 5.41) is 9.74. The molecule has 0 aliphatic heterocycles. The van der Waals surface area contributed by atoms with E-state index in [-0.39, 0.29) is 17.0 Å². The minimum absolute atomic E-state index is 0.104. The van der Waals surface area contributed by atoms with E-state index < -0.39 is 10.3 Å². The summed E-state index contributed by atoms with van der Waals surface area (Å²) in [6.07, 6.45) is 0. The van der Waals surface area contributed by atoms with Crippen molar-refractivity contribution >= 4 is 23.1 Å². The molecule has 0 unspecified atom stereocenters. The zero-order valence-corrected chi connectivity index (χ0v) is 8.19. The van der Waals surface area contributed by atoms with Gasteiger partial charge in [-0.3, -0.25) is 14.9 Å². The van der Waals surface area contributed by atoms with Crippen molar-refractivity contribution in [2.75, 3.05) is 0 Å². The van der Waals surface area contributed by atoms with Gasteiger partial charge in [0.25, 0.3) is 5.69 Å². The molecule has 0 saturated carbocycles. The zero-order valence-electron chi connectivity index (χ0n) is 7.44. The normalized spacial score (nSPS) is 12.1. The first-order valence-corrected chi connectivity index (χ1v) is 4.38. The van der Waals surface area contributed by atoms with Crippen LogP contribution >= 0.6 is 11.6 Å². The highest BCUT2D eigenvalue weighted by molar-refractivity contribution is 6.33. The molecule has 0 amide bonds. The highest BCUT2D eigenvalue weighted by Gasteiger charge is 2.15. The number of halogens is 1. The molecule has 0 aromatic heterocycles. The van der Waals surface area contributed by atoms with Crippen LogP contribution in [0.1, 0.15) is 17.3 Å². The molecule has 0 radical (unpaired) electrons. The predicted molar refractivity (Wildman–Crippen MR) is 52.7 cm³/mol. The molecule has 0 aliphatic carbocycles. The number of benzene rings is 1. The predicted octanol–water partition coefficient (Wildman–Crippen LogP) is 2.40. The summed E-state index contributed by atoms with van der Waals surface area (Å²) in [5.41, 5.74) is 0.162. The lowest BCUT2D eigenvalue weighted by molar-refractivity contribution is -0.384. The minimum Gasteiger partial charge on any atom is -0.293 e. The molecule has 0 bridgehead atoms. The summed E-state index contributed by atoms with van der Waals surface area (Å²) in [5.74, 6) is -0.310. The van der Waals surface area contributed by atoms with Gasteiger partial charge in [-0.2, -0.15) is 0 Å². The number of ketones is 1. The second-order valence-corrected chi connectivity index (χ2v) is 3.44. The van der Waals surface area contributed by atoms with Crippen LogP contribution in [0.5, 0.6) is 0 Å². The summed E-state index contributed by atoms with van der Waals surface area (Å²) >= 11 is 5.58. The van der Waals surface area contributed by atoms with Gasteiger partial charge in [-0.05, 0) is 6.92 Å². The van der Waals surface area contributed by atoms with Gasteiger partial charge in [-0.25, -0.2) is 0 Å². The molecule has 4 nitrogen and oxygen atoms in total. The average Bonchev–Trinajstić information content (AvgIpc) is 2.16. The molecule has 5 heteroatoms. The minimum atomic E-state index is -0.669. The maximum absolute atomic E-state index is 11.4. The van der Waals surface area contributed by atoms with E-state index in [4.69, 9.17) is 11.6 Å². The first-order chi connectivity index (χ1) is 6.52. The SMILES string of the molecule is C[C@H](Cl)C(=O)c1cccc([N+](=O)[O-])c1. The Hall–Kier alpha value is -1.42. The van der Waals surface area contributed by atoms with Gasteiger partial charge in [0.15, 0.2) is 5.78 Å². The second-order valence-electron chi connectivity index (χ2n) is 2.79. The van der Waals surface area contributed by atoms with E-state index in [9.17, 15) is 14.9 Å². The first-order valence-electron chi connectivity index (χ1n) is 3.95. The second kappa shape index (κ2) is 4.19. The van der Waals surface area contributed by atoms with Crippen LogP contribution in [0.4, 0.5) is 5.69 Å². The average molecular weight is 214 g/mol. The standard InChI is InChI=1S/C9H8ClNO3/c1-6(10)9(12)7-3-2-4-8(5-7)11(13)14/h2-6H,1H3/t6-/m0/s1. The van der Waals surface area contributed by atoms with Crippen LogP contribution in [0.3, 0.4) is 0 Å². The highest BCUT2D eigenvalue weighted by atomic mass is 35.5. The van der Waals surface area contributed by atoms with Crippen molar-refractivity contribution < 1.29 is 9.72 Å². The molecule has 0 aliphatic rings. The molecule has 74 valence electrons. The number of non-ortho nitro benzene ring substituents is 1. The first kappa shape index (κ1) is 10.7. The number of nitrogens with zero attached hydrogens (tertiary/aromatic N) is 1. The van der Waals surface area contributed by atoms with Crippen LogP contribution in [0.25, 0.3) is 0 Å². The largest absolute Gasteiger partial charge is 0.293 e. The smallest absolute Gasteiger partial charge is 0.270 e. The van der Waals surface area contributed by atoms with Crippen molar-refractivity contribution in [2.45, 2.75) is 12.3 Å². The van der Waals surface area contributed by atoms with E-state index in [0.717, 1.165) is 0 Å². The Kier molecular flexibility index (Phi) is 3.19. The van der Waals surface area contributed by atoms with E-state index in [0.29, 0.717) is 0 Å². The Morgan fingerprint density at radius 2 is 2.21 bits per heavy atom. The van der Waals surface area contributed by atoms with E-state index in [1.807, 2.05) is 0 Å². The van der Waals surface area contributed by atoms with Crippen LogP contribution in [-0.2, 0) is 0 Å². The Labute approximate surface area is 85.6 Å². The maximum Gasteiger partial charge on any atom is 0.270 e. The molecule has 0 heterocycles. The maximum atomic E-state index is 11.4. The molecule has 1 aromatic rings. The summed E-state index contributed by atoms with van der Waals surface area (Å²) in [6.45, 7) is 1.53. The fourth-order valence-corrected chi connectivity index (χ4v) is 1.13. The van der Waals surface area contributed by atoms with E-state index in [1.165, 1.54) is 31.2 Å².